The average molecular weight is 305 g/mol. The number of nitrogens with one attached hydrogen (secondary N) is 2. The van der Waals surface area contributed by atoms with Crippen LogP contribution in [0.3, 0.4) is 0 Å². The number of hydrogen-bond donors (Lipinski definition) is 2. The largest absolute Gasteiger partial charge is 0.488 e. The third-order valence-electron chi connectivity index (χ3n) is 2.63. The van der Waals surface area contributed by atoms with E-state index < -0.39 is 0 Å². The quantitative estimate of drug-likeness (QED) is 0.658. The van der Waals surface area contributed by atoms with E-state index >= 15 is 0 Å². The number of rotatable bonds is 4. The molecule has 0 atom stereocenters. The molecule has 124 valence electrons. The van der Waals surface area contributed by atoms with E-state index in [4.69, 9.17) is 4.74 Å². The highest BCUT2D eigenvalue weighted by Crippen LogP contribution is 2.23. The Hall–Kier alpha value is -1.71. The number of hydrogen-bond acceptors (Lipinski definition) is 2. The fraction of sp³-hybridized carbons (Fsp3) is 0.611. The van der Waals surface area contributed by atoms with E-state index in [1.807, 2.05) is 18.2 Å². The Kier molecular flexibility index (Phi) is 6.27. The minimum absolute atomic E-state index is 0.0254. The van der Waals surface area contributed by atoms with E-state index in [0.717, 1.165) is 23.8 Å². The van der Waals surface area contributed by atoms with E-state index in [2.05, 4.69) is 70.2 Å². The van der Waals surface area contributed by atoms with Gasteiger partial charge >= 0.3 is 0 Å². The summed E-state index contributed by atoms with van der Waals surface area (Å²) in [6, 6.07) is 8.07. The van der Waals surface area contributed by atoms with Gasteiger partial charge in [-0.15, -0.1) is 0 Å². The second-order valence-electron chi connectivity index (χ2n) is 7.39. The van der Waals surface area contributed by atoms with E-state index in [1.165, 1.54) is 0 Å². The van der Waals surface area contributed by atoms with Gasteiger partial charge < -0.3 is 15.4 Å². The number of para-hydroxylation sites is 1. The van der Waals surface area contributed by atoms with E-state index in [0.29, 0.717) is 6.54 Å². The molecular formula is C18H31N3O. The van der Waals surface area contributed by atoms with Crippen molar-refractivity contribution in [3.63, 3.8) is 0 Å². The Morgan fingerprint density at radius 1 is 1.09 bits per heavy atom. The summed E-state index contributed by atoms with van der Waals surface area (Å²) in [6.45, 7) is 16.0. The first kappa shape index (κ1) is 18.3. The van der Waals surface area contributed by atoms with Crippen LogP contribution in [-0.4, -0.2) is 23.6 Å². The zero-order chi connectivity index (χ0) is 16.8. The lowest BCUT2D eigenvalue weighted by atomic mass is 10.1. The first-order chi connectivity index (χ1) is 10.1. The van der Waals surface area contributed by atoms with E-state index in [1.54, 1.807) is 0 Å². The highest BCUT2D eigenvalue weighted by molar-refractivity contribution is 5.80. The van der Waals surface area contributed by atoms with Crippen molar-refractivity contribution in [3.8, 4) is 5.75 Å². The molecule has 0 aliphatic carbocycles. The number of nitrogens with zero attached hydrogens (tertiary/aromatic N) is 1. The average Bonchev–Trinajstić information content (AvgIpc) is 2.34. The minimum atomic E-state index is -0.214. The Labute approximate surface area is 135 Å². The lowest BCUT2D eigenvalue weighted by Crippen LogP contribution is -2.47. The molecule has 1 aromatic rings. The van der Waals surface area contributed by atoms with Gasteiger partial charge in [-0.3, -0.25) is 0 Å². The van der Waals surface area contributed by atoms with Gasteiger partial charge in [-0.1, -0.05) is 18.2 Å². The van der Waals surface area contributed by atoms with Gasteiger partial charge in [-0.25, -0.2) is 4.99 Å². The maximum atomic E-state index is 6.02. The second-order valence-corrected chi connectivity index (χ2v) is 7.39. The maximum Gasteiger partial charge on any atom is 0.191 e. The zero-order valence-corrected chi connectivity index (χ0v) is 15.1. The van der Waals surface area contributed by atoms with Crippen molar-refractivity contribution >= 4 is 5.96 Å². The van der Waals surface area contributed by atoms with Crippen molar-refractivity contribution in [3.05, 3.63) is 29.8 Å². The molecule has 4 heteroatoms. The van der Waals surface area contributed by atoms with Crippen LogP contribution in [0.25, 0.3) is 0 Å². The van der Waals surface area contributed by atoms with Gasteiger partial charge in [-0.2, -0.15) is 0 Å². The summed E-state index contributed by atoms with van der Waals surface area (Å²) < 4.78 is 6.02. The molecule has 1 aromatic carbocycles. The third kappa shape index (κ3) is 7.34. The van der Waals surface area contributed by atoms with Crippen LogP contribution in [0.4, 0.5) is 0 Å². The SMILES string of the molecule is CCNC(=NCc1ccccc1OC(C)(C)C)NC(C)(C)C. The van der Waals surface area contributed by atoms with Crippen molar-refractivity contribution in [1.82, 2.24) is 10.6 Å². The molecule has 0 radical (unpaired) electrons. The van der Waals surface area contributed by atoms with E-state index in [-0.39, 0.29) is 11.1 Å². The van der Waals surface area contributed by atoms with Crippen molar-refractivity contribution in [2.24, 2.45) is 4.99 Å². The van der Waals surface area contributed by atoms with Crippen LogP contribution < -0.4 is 15.4 Å². The predicted octanol–water partition coefficient (Wildman–Crippen LogP) is 3.72. The first-order valence-corrected chi connectivity index (χ1v) is 7.94. The zero-order valence-electron chi connectivity index (χ0n) is 15.1. The summed E-state index contributed by atoms with van der Waals surface area (Å²) in [7, 11) is 0. The normalized spacial score (nSPS) is 13.0. The molecule has 0 saturated carbocycles. The molecule has 0 unspecified atom stereocenters. The number of aliphatic imine (C=N–C) groups is 1. The molecule has 0 bridgehead atoms. The van der Waals surface area contributed by atoms with Crippen LogP contribution in [0.2, 0.25) is 0 Å². The van der Waals surface area contributed by atoms with Gasteiger partial charge in [0.15, 0.2) is 5.96 Å². The fourth-order valence-corrected chi connectivity index (χ4v) is 1.89. The number of benzene rings is 1. The van der Waals surface area contributed by atoms with Crippen LogP contribution in [0.15, 0.2) is 29.3 Å². The molecule has 22 heavy (non-hydrogen) atoms. The van der Waals surface area contributed by atoms with Crippen LogP contribution in [0.1, 0.15) is 54.0 Å². The van der Waals surface area contributed by atoms with Gasteiger partial charge in [-0.05, 0) is 54.5 Å². The summed E-state index contributed by atoms with van der Waals surface area (Å²) in [5, 5.41) is 6.67. The van der Waals surface area contributed by atoms with Gasteiger partial charge in [0.2, 0.25) is 0 Å². The maximum absolute atomic E-state index is 6.02. The Morgan fingerprint density at radius 3 is 2.27 bits per heavy atom. The molecule has 1 rings (SSSR count). The highest BCUT2D eigenvalue weighted by atomic mass is 16.5. The van der Waals surface area contributed by atoms with Gasteiger partial charge in [0, 0.05) is 17.6 Å². The van der Waals surface area contributed by atoms with Crippen molar-refractivity contribution < 1.29 is 4.74 Å². The highest BCUT2D eigenvalue weighted by Gasteiger charge is 2.15. The van der Waals surface area contributed by atoms with Crippen LogP contribution in [0.5, 0.6) is 5.75 Å². The summed E-state index contributed by atoms with van der Waals surface area (Å²) in [5.74, 6) is 1.71. The Morgan fingerprint density at radius 2 is 1.73 bits per heavy atom. The predicted molar refractivity (Wildman–Crippen MR) is 94.5 cm³/mol. The molecule has 0 fully saturated rings. The number of ether oxygens (including phenoxy) is 1. The van der Waals surface area contributed by atoms with Crippen LogP contribution in [0, 0.1) is 0 Å². The van der Waals surface area contributed by atoms with Gasteiger partial charge in [0.05, 0.1) is 6.54 Å². The molecule has 0 aromatic heterocycles. The fourth-order valence-electron chi connectivity index (χ4n) is 1.89. The summed E-state index contributed by atoms with van der Waals surface area (Å²) >= 11 is 0. The lowest BCUT2D eigenvalue weighted by molar-refractivity contribution is 0.129. The molecule has 0 saturated heterocycles. The molecule has 0 aliphatic heterocycles. The minimum Gasteiger partial charge on any atom is -0.488 e. The van der Waals surface area contributed by atoms with Crippen molar-refractivity contribution in [2.45, 2.75) is 66.2 Å². The van der Waals surface area contributed by atoms with Crippen molar-refractivity contribution in [1.29, 1.82) is 0 Å². The molecule has 4 nitrogen and oxygen atoms in total. The molecular weight excluding hydrogens is 274 g/mol. The summed E-state index contributed by atoms with van der Waals surface area (Å²) in [6.07, 6.45) is 0. The van der Waals surface area contributed by atoms with E-state index in [9.17, 15) is 0 Å². The number of guanidine groups is 1. The monoisotopic (exact) mass is 305 g/mol. The van der Waals surface area contributed by atoms with Gasteiger partial charge in [0.25, 0.3) is 0 Å². The van der Waals surface area contributed by atoms with Crippen molar-refractivity contribution in [2.75, 3.05) is 6.54 Å². The second kappa shape index (κ2) is 7.52. The molecule has 2 N–H and O–H groups in total. The summed E-state index contributed by atoms with van der Waals surface area (Å²) in [4.78, 5) is 4.67. The topological polar surface area (TPSA) is 45.7 Å². The molecule has 0 heterocycles. The standard InChI is InChI=1S/C18H31N3O/c1-8-19-16(21-17(2,3)4)20-13-14-11-9-10-12-15(14)22-18(5,6)7/h9-12H,8,13H2,1-7H3,(H2,19,20,21). The summed E-state index contributed by atoms with van der Waals surface area (Å²) in [5.41, 5.74) is 0.847. The lowest BCUT2D eigenvalue weighted by Gasteiger charge is -2.24. The first-order valence-electron chi connectivity index (χ1n) is 7.94. The smallest absolute Gasteiger partial charge is 0.191 e. The van der Waals surface area contributed by atoms with Gasteiger partial charge in [0.1, 0.15) is 11.4 Å². The molecule has 0 spiro atoms. The third-order valence-corrected chi connectivity index (χ3v) is 2.63. The molecule has 0 aliphatic rings. The Bertz CT molecular complexity index is 496. The molecule has 0 amide bonds. The Balaban J connectivity index is 2.90. The van der Waals surface area contributed by atoms with Crippen LogP contribution in [-0.2, 0) is 6.54 Å². The van der Waals surface area contributed by atoms with Crippen LogP contribution >= 0.6 is 0 Å².